The molecule has 1 aliphatic rings. The quantitative estimate of drug-likeness (QED) is 0.493. The van der Waals surface area contributed by atoms with E-state index in [0.29, 0.717) is 31.9 Å². The minimum Gasteiger partial charge on any atom is -0.354 e. The molecular formula is C14H18N4O3S2. The van der Waals surface area contributed by atoms with Crippen LogP contribution in [0.2, 0.25) is 0 Å². The highest BCUT2D eigenvalue weighted by atomic mass is 32.2. The van der Waals surface area contributed by atoms with Crippen LogP contribution in [-0.4, -0.2) is 57.7 Å². The molecule has 1 fully saturated rings. The van der Waals surface area contributed by atoms with Crippen molar-refractivity contribution in [3.05, 3.63) is 39.9 Å². The number of nitro benzene ring substituents is 1. The van der Waals surface area contributed by atoms with Crippen molar-refractivity contribution in [1.82, 2.24) is 9.80 Å². The number of nitro groups is 1. The van der Waals surface area contributed by atoms with Gasteiger partial charge < -0.3 is 15.5 Å². The van der Waals surface area contributed by atoms with Gasteiger partial charge in [0.25, 0.3) is 5.69 Å². The third kappa shape index (κ3) is 4.88. The van der Waals surface area contributed by atoms with E-state index in [1.54, 1.807) is 17.0 Å². The van der Waals surface area contributed by atoms with Crippen molar-refractivity contribution in [2.75, 3.05) is 32.7 Å². The molecule has 0 radical (unpaired) electrons. The highest BCUT2D eigenvalue weighted by molar-refractivity contribution is 8.22. The van der Waals surface area contributed by atoms with Crippen LogP contribution in [0.5, 0.6) is 0 Å². The lowest BCUT2D eigenvalue weighted by molar-refractivity contribution is -0.384. The summed E-state index contributed by atoms with van der Waals surface area (Å²) in [5.74, 6) is 0.632. The molecule has 1 saturated heterocycles. The van der Waals surface area contributed by atoms with E-state index in [4.69, 9.17) is 18.0 Å². The van der Waals surface area contributed by atoms with Crippen molar-refractivity contribution in [3.8, 4) is 0 Å². The molecule has 0 spiro atoms. The highest BCUT2D eigenvalue weighted by Gasteiger charge is 2.21. The number of carbonyl (C=O) groups excluding carboxylic acids is 1. The molecule has 124 valence electrons. The average molecular weight is 354 g/mol. The molecule has 9 heteroatoms. The summed E-state index contributed by atoms with van der Waals surface area (Å²) in [5.41, 5.74) is 6.43. The van der Waals surface area contributed by atoms with Gasteiger partial charge >= 0.3 is 0 Å². The van der Waals surface area contributed by atoms with Gasteiger partial charge in [0.05, 0.1) is 11.5 Å². The van der Waals surface area contributed by atoms with E-state index in [-0.39, 0.29) is 18.1 Å². The number of nitrogens with two attached hydrogens (primary N) is 1. The molecule has 0 bridgehead atoms. The number of hydrogen-bond donors (Lipinski definition) is 1. The maximum absolute atomic E-state index is 11.5. The van der Waals surface area contributed by atoms with Gasteiger partial charge in [0, 0.05) is 44.1 Å². The molecule has 0 aromatic heterocycles. The van der Waals surface area contributed by atoms with Crippen LogP contribution in [-0.2, 0) is 10.5 Å². The summed E-state index contributed by atoms with van der Waals surface area (Å²) in [5, 5.41) is 10.6. The number of thioether (sulfide) groups is 1. The fourth-order valence-electron chi connectivity index (χ4n) is 2.22. The van der Waals surface area contributed by atoms with Gasteiger partial charge in [-0.2, -0.15) is 0 Å². The molecule has 0 saturated carbocycles. The SMILES string of the molecule is NCC(=O)N1CCN(C(=S)SCc2ccc([N+](=O)[O-])cc2)CC1. The van der Waals surface area contributed by atoms with Crippen LogP contribution < -0.4 is 5.73 Å². The first-order valence-electron chi connectivity index (χ1n) is 7.14. The zero-order chi connectivity index (χ0) is 16.8. The molecule has 1 aromatic rings. The van der Waals surface area contributed by atoms with Crippen molar-refractivity contribution >= 4 is 39.9 Å². The number of nitrogens with zero attached hydrogens (tertiary/aromatic N) is 3. The van der Waals surface area contributed by atoms with E-state index in [1.807, 2.05) is 0 Å². The Bertz CT molecular complexity index is 586. The van der Waals surface area contributed by atoms with Crippen molar-refractivity contribution in [1.29, 1.82) is 0 Å². The average Bonchev–Trinajstić information content (AvgIpc) is 2.59. The van der Waals surface area contributed by atoms with E-state index < -0.39 is 4.92 Å². The predicted octanol–water partition coefficient (Wildman–Crippen LogP) is 1.22. The summed E-state index contributed by atoms with van der Waals surface area (Å²) in [4.78, 5) is 25.6. The lowest BCUT2D eigenvalue weighted by atomic mass is 10.2. The van der Waals surface area contributed by atoms with Crippen LogP contribution in [0.25, 0.3) is 0 Å². The summed E-state index contributed by atoms with van der Waals surface area (Å²) in [6.45, 7) is 2.72. The molecular weight excluding hydrogens is 336 g/mol. The standard InChI is InChI=1S/C14H18N4O3S2/c15-9-13(19)16-5-7-17(8-6-16)14(22)23-10-11-1-3-12(4-2-11)18(20)21/h1-4H,5-10,15H2. The Morgan fingerprint density at radius 1 is 1.22 bits per heavy atom. The van der Waals surface area contributed by atoms with Crippen LogP contribution >= 0.6 is 24.0 Å². The van der Waals surface area contributed by atoms with Crippen LogP contribution in [0.15, 0.2) is 24.3 Å². The molecule has 1 amide bonds. The van der Waals surface area contributed by atoms with E-state index in [0.717, 1.165) is 9.88 Å². The lowest BCUT2D eigenvalue weighted by Gasteiger charge is -2.35. The first kappa shape index (κ1) is 17.6. The number of thiocarbonyl (C=S) groups is 1. The second kappa shape index (κ2) is 8.23. The largest absolute Gasteiger partial charge is 0.354 e. The maximum atomic E-state index is 11.5. The smallest absolute Gasteiger partial charge is 0.269 e. The molecule has 0 aliphatic carbocycles. The van der Waals surface area contributed by atoms with Crippen molar-refractivity contribution in [2.24, 2.45) is 5.73 Å². The van der Waals surface area contributed by atoms with Crippen LogP contribution in [0.1, 0.15) is 5.56 Å². The van der Waals surface area contributed by atoms with Gasteiger partial charge in [0.1, 0.15) is 4.32 Å². The summed E-state index contributed by atoms with van der Waals surface area (Å²) in [7, 11) is 0. The number of piperazine rings is 1. The molecule has 1 heterocycles. The molecule has 2 rings (SSSR count). The third-order valence-corrected chi connectivity index (χ3v) is 5.17. The Hall–Kier alpha value is -1.71. The van der Waals surface area contributed by atoms with Gasteiger partial charge in [-0.25, -0.2) is 0 Å². The fraction of sp³-hybridized carbons (Fsp3) is 0.429. The van der Waals surface area contributed by atoms with Gasteiger partial charge in [-0.05, 0) is 5.56 Å². The fourth-order valence-corrected chi connectivity index (χ4v) is 3.42. The van der Waals surface area contributed by atoms with Crippen LogP contribution in [0, 0.1) is 10.1 Å². The van der Waals surface area contributed by atoms with Gasteiger partial charge in [0.15, 0.2) is 0 Å². The van der Waals surface area contributed by atoms with Crippen LogP contribution in [0.4, 0.5) is 5.69 Å². The number of carbonyl (C=O) groups is 1. The second-order valence-electron chi connectivity index (χ2n) is 5.05. The summed E-state index contributed by atoms with van der Waals surface area (Å²) in [6, 6.07) is 6.48. The highest BCUT2D eigenvalue weighted by Crippen LogP contribution is 2.20. The summed E-state index contributed by atoms with van der Waals surface area (Å²) >= 11 is 6.95. The molecule has 1 aromatic carbocycles. The van der Waals surface area contributed by atoms with E-state index in [1.165, 1.54) is 23.9 Å². The van der Waals surface area contributed by atoms with E-state index in [2.05, 4.69) is 4.90 Å². The summed E-state index contributed by atoms with van der Waals surface area (Å²) in [6.07, 6.45) is 0. The number of benzene rings is 1. The zero-order valence-electron chi connectivity index (χ0n) is 12.5. The minimum atomic E-state index is -0.413. The number of rotatable bonds is 4. The molecule has 0 atom stereocenters. The second-order valence-corrected chi connectivity index (χ2v) is 6.66. The number of amides is 1. The monoisotopic (exact) mass is 354 g/mol. The van der Waals surface area contributed by atoms with Gasteiger partial charge in [-0.15, -0.1) is 0 Å². The Balaban J connectivity index is 1.79. The maximum Gasteiger partial charge on any atom is 0.269 e. The zero-order valence-corrected chi connectivity index (χ0v) is 14.1. The van der Waals surface area contributed by atoms with E-state index >= 15 is 0 Å². The lowest BCUT2D eigenvalue weighted by Crippen LogP contribution is -2.51. The van der Waals surface area contributed by atoms with Gasteiger partial charge in [-0.3, -0.25) is 14.9 Å². The Morgan fingerprint density at radius 2 is 1.78 bits per heavy atom. The molecule has 2 N–H and O–H groups in total. The Labute approximate surface area is 144 Å². The molecule has 23 heavy (non-hydrogen) atoms. The van der Waals surface area contributed by atoms with Crippen molar-refractivity contribution in [3.63, 3.8) is 0 Å². The predicted molar refractivity (Wildman–Crippen MR) is 94.2 cm³/mol. The number of hydrogen-bond acceptors (Lipinski definition) is 6. The molecule has 1 aliphatic heterocycles. The van der Waals surface area contributed by atoms with Gasteiger partial charge in [0.2, 0.25) is 5.91 Å². The Kier molecular flexibility index (Phi) is 6.31. The van der Waals surface area contributed by atoms with Crippen LogP contribution in [0.3, 0.4) is 0 Å². The van der Waals surface area contributed by atoms with Crippen molar-refractivity contribution in [2.45, 2.75) is 5.75 Å². The van der Waals surface area contributed by atoms with Crippen molar-refractivity contribution < 1.29 is 9.72 Å². The van der Waals surface area contributed by atoms with Gasteiger partial charge in [-0.1, -0.05) is 36.1 Å². The first-order valence-corrected chi connectivity index (χ1v) is 8.53. The first-order chi connectivity index (χ1) is 11.0. The summed E-state index contributed by atoms with van der Waals surface area (Å²) < 4.78 is 0.781. The minimum absolute atomic E-state index is 0.0332. The third-order valence-electron chi connectivity index (χ3n) is 3.57. The topological polar surface area (TPSA) is 92.7 Å². The molecule has 7 nitrogen and oxygen atoms in total. The number of non-ortho nitro benzene ring substituents is 1. The Morgan fingerprint density at radius 3 is 2.30 bits per heavy atom. The normalized spacial score (nSPS) is 14.7. The van der Waals surface area contributed by atoms with E-state index in [9.17, 15) is 14.9 Å². The molecule has 0 unspecified atom stereocenters.